The average Bonchev–Trinajstić information content (AvgIpc) is 2.55. The highest BCUT2D eigenvalue weighted by molar-refractivity contribution is 9.11. The Morgan fingerprint density at radius 2 is 2.00 bits per heavy atom. The van der Waals surface area contributed by atoms with Gasteiger partial charge in [-0.3, -0.25) is 4.79 Å². The SMILES string of the molecule is COc1ccc(O)c(C=NNC(=O)CNc2c(Br)cc(Cl)cc2Br)c1. The van der Waals surface area contributed by atoms with E-state index in [9.17, 15) is 9.90 Å². The number of phenols is 1. The lowest BCUT2D eigenvalue weighted by atomic mass is 10.2. The van der Waals surface area contributed by atoms with Gasteiger partial charge in [0.05, 0.1) is 25.6 Å². The van der Waals surface area contributed by atoms with Crippen LogP contribution in [0.25, 0.3) is 0 Å². The molecule has 9 heteroatoms. The van der Waals surface area contributed by atoms with Crippen LogP contribution in [0, 0.1) is 0 Å². The van der Waals surface area contributed by atoms with Gasteiger partial charge in [-0.05, 0) is 62.2 Å². The maximum absolute atomic E-state index is 11.9. The van der Waals surface area contributed by atoms with Crippen LogP contribution in [0.5, 0.6) is 11.5 Å². The monoisotopic (exact) mass is 489 g/mol. The summed E-state index contributed by atoms with van der Waals surface area (Å²) in [5, 5.41) is 17.1. The molecule has 6 nitrogen and oxygen atoms in total. The lowest BCUT2D eigenvalue weighted by Crippen LogP contribution is -2.26. The predicted octanol–water partition coefficient (Wildman–Crippen LogP) is 4.14. The molecule has 0 spiro atoms. The Hall–Kier alpha value is -1.77. The molecule has 0 saturated carbocycles. The maximum atomic E-state index is 11.9. The highest BCUT2D eigenvalue weighted by atomic mass is 79.9. The number of hydrogen-bond donors (Lipinski definition) is 3. The quantitative estimate of drug-likeness (QED) is 0.419. The summed E-state index contributed by atoms with van der Waals surface area (Å²) in [5.41, 5.74) is 3.51. The lowest BCUT2D eigenvalue weighted by molar-refractivity contribution is -0.119. The highest BCUT2D eigenvalue weighted by Crippen LogP contribution is 2.33. The zero-order chi connectivity index (χ0) is 18.4. The van der Waals surface area contributed by atoms with Gasteiger partial charge >= 0.3 is 0 Å². The van der Waals surface area contributed by atoms with Gasteiger partial charge in [0.15, 0.2) is 0 Å². The summed E-state index contributed by atoms with van der Waals surface area (Å²) in [7, 11) is 1.52. The fourth-order valence-electron chi connectivity index (χ4n) is 1.86. The van der Waals surface area contributed by atoms with Gasteiger partial charge in [-0.25, -0.2) is 5.43 Å². The minimum absolute atomic E-state index is 0.000263. The van der Waals surface area contributed by atoms with E-state index in [1.165, 1.54) is 19.4 Å². The van der Waals surface area contributed by atoms with E-state index in [1.54, 1.807) is 24.3 Å². The number of hydrazone groups is 1. The molecule has 0 aromatic heterocycles. The van der Waals surface area contributed by atoms with Gasteiger partial charge < -0.3 is 15.2 Å². The van der Waals surface area contributed by atoms with Gasteiger partial charge in [0.2, 0.25) is 0 Å². The first kappa shape index (κ1) is 19.6. The van der Waals surface area contributed by atoms with Crippen LogP contribution in [0.4, 0.5) is 5.69 Å². The van der Waals surface area contributed by atoms with E-state index < -0.39 is 0 Å². The zero-order valence-electron chi connectivity index (χ0n) is 13.0. The van der Waals surface area contributed by atoms with Crippen LogP contribution in [0.2, 0.25) is 5.02 Å². The summed E-state index contributed by atoms with van der Waals surface area (Å²) in [6, 6.07) is 8.15. The van der Waals surface area contributed by atoms with Crippen LogP contribution in [-0.4, -0.2) is 30.9 Å². The molecule has 2 rings (SSSR count). The number of rotatable bonds is 6. The predicted molar refractivity (Wildman–Crippen MR) is 106 cm³/mol. The van der Waals surface area contributed by atoms with Crippen molar-refractivity contribution >= 4 is 61.3 Å². The van der Waals surface area contributed by atoms with Crippen LogP contribution in [-0.2, 0) is 4.79 Å². The Morgan fingerprint density at radius 3 is 2.64 bits per heavy atom. The molecule has 25 heavy (non-hydrogen) atoms. The van der Waals surface area contributed by atoms with Gasteiger partial charge in [0, 0.05) is 19.5 Å². The molecule has 0 saturated heterocycles. The topological polar surface area (TPSA) is 83.0 Å². The number of ether oxygens (including phenoxy) is 1. The lowest BCUT2D eigenvalue weighted by Gasteiger charge is -2.10. The standard InChI is InChI=1S/C16H14Br2ClN3O3/c1-25-11-2-3-14(23)9(4-11)7-21-22-15(24)8-20-16-12(17)5-10(19)6-13(16)18/h2-7,20,23H,8H2,1H3,(H,22,24). The minimum atomic E-state index is -0.354. The van der Waals surface area contributed by atoms with Crippen LogP contribution in [0.3, 0.4) is 0 Å². The molecule has 2 aromatic rings. The number of hydrogen-bond acceptors (Lipinski definition) is 5. The summed E-state index contributed by atoms with van der Waals surface area (Å²) in [4.78, 5) is 11.9. The van der Waals surface area contributed by atoms with Crippen molar-refractivity contribution in [1.29, 1.82) is 0 Å². The number of aromatic hydroxyl groups is 1. The van der Waals surface area contributed by atoms with E-state index >= 15 is 0 Å². The van der Waals surface area contributed by atoms with Gasteiger partial charge in [0.25, 0.3) is 5.91 Å². The number of carbonyl (C=O) groups excluding carboxylic acids is 1. The highest BCUT2D eigenvalue weighted by Gasteiger charge is 2.08. The first-order valence-electron chi connectivity index (χ1n) is 6.98. The van der Waals surface area contributed by atoms with Gasteiger partial charge in [-0.15, -0.1) is 0 Å². The first-order chi connectivity index (χ1) is 11.9. The van der Waals surface area contributed by atoms with Crippen molar-refractivity contribution in [1.82, 2.24) is 5.43 Å². The normalized spacial score (nSPS) is 10.7. The fourth-order valence-corrected chi connectivity index (χ4v) is 3.80. The van der Waals surface area contributed by atoms with E-state index in [0.29, 0.717) is 22.0 Å². The third-order valence-corrected chi connectivity index (χ3v) is 4.53. The second kappa shape index (κ2) is 9.07. The number of carbonyl (C=O) groups is 1. The summed E-state index contributed by atoms with van der Waals surface area (Å²) >= 11 is 12.7. The minimum Gasteiger partial charge on any atom is -0.507 e. The van der Waals surface area contributed by atoms with Crippen LogP contribution in [0.15, 0.2) is 44.4 Å². The summed E-state index contributed by atoms with van der Waals surface area (Å²) in [6.07, 6.45) is 1.34. The molecule has 0 fully saturated rings. The fraction of sp³-hybridized carbons (Fsp3) is 0.125. The second-order valence-corrected chi connectivity index (χ2v) is 6.96. The Kier molecular flexibility index (Phi) is 7.10. The van der Waals surface area contributed by atoms with Crippen molar-refractivity contribution in [3.05, 3.63) is 49.9 Å². The summed E-state index contributed by atoms with van der Waals surface area (Å²) in [5.74, 6) is 0.253. The third kappa shape index (κ3) is 5.62. The number of anilines is 1. The zero-order valence-corrected chi connectivity index (χ0v) is 16.9. The van der Waals surface area contributed by atoms with E-state index in [2.05, 4.69) is 47.7 Å². The van der Waals surface area contributed by atoms with Crippen LogP contribution >= 0.6 is 43.5 Å². The Morgan fingerprint density at radius 1 is 1.32 bits per heavy atom. The molecule has 0 heterocycles. The van der Waals surface area contributed by atoms with E-state index in [-0.39, 0.29) is 18.2 Å². The van der Waals surface area contributed by atoms with E-state index in [0.717, 1.165) is 8.95 Å². The first-order valence-corrected chi connectivity index (χ1v) is 8.94. The van der Waals surface area contributed by atoms with Gasteiger partial charge in [-0.2, -0.15) is 5.10 Å². The molecule has 132 valence electrons. The van der Waals surface area contributed by atoms with Crippen molar-refractivity contribution in [3.63, 3.8) is 0 Å². The molecule has 0 bridgehead atoms. The molecule has 3 N–H and O–H groups in total. The smallest absolute Gasteiger partial charge is 0.259 e. The molecule has 0 aliphatic rings. The second-order valence-electron chi connectivity index (χ2n) is 4.82. The third-order valence-electron chi connectivity index (χ3n) is 3.06. The molecular formula is C16H14Br2ClN3O3. The summed E-state index contributed by atoms with van der Waals surface area (Å²) in [6.45, 7) is 0.000263. The molecular weight excluding hydrogens is 477 g/mol. The summed E-state index contributed by atoms with van der Waals surface area (Å²) < 4.78 is 6.52. The number of amides is 1. The van der Waals surface area contributed by atoms with Crippen molar-refractivity contribution in [2.75, 3.05) is 19.0 Å². The number of phenolic OH excluding ortho intramolecular Hbond substituents is 1. The van der Waals surface area contributed by atoms with E-state index in [1.807, 2.05) is 0 Å². The van der Waals surface area contributed by atoms with Crippen LogP contribution in [0.1, 0.15) is 5.56 Å². The van der Waals surface area contributed by atoms with Crippen molar-refractivity contribution in [2.45, 2.75) is 0 Å². The van der Waals surface area contributed by atoms with E-state index in [4.69, 9.17) is 16.3 Å². The Labute approximate surface area is 166 Å². The number of nitrogens with one attached hydrogen (secondary N) is 2. The maximum Gasteiger partial charge on any atom is 0.259 e. The van der Waals surface area contributed by atoms with Gasteiger partial charge in [0.1, 0.15) is 11.5 Å². The average molecular weight is 492 g/mol. The molecule has 2 aromatic carbocycles. The number of nitrogens with zero attached hydrogens (tertiary/aromatic N) is 1. The van der Waals surface area contributed by atoms with Gasteiger partial charge in [-0.1, -0.05) is 11.6 Å². The molecule has 0 aliphatic heterocycles. The number of benzene rings is 2. The van der Waals surface area contributed by atoms with Crippen molar-refractivity contribution < 1.29 is 14.6 Å². The largest absolute Gasteiger partial charge is 0.507 e. The molecule has 0 atom stereocenters. The van der Waals surface area contributed by atoms with Crippen LogP contribution < -0.4 is 15.5 Å². The molecule has 1 amide bonds. The van der Waals surface area contributed by atoms with Crippen molar-refractivity contribution in [2.24, 2.45) is 5.10 Å². The van der Waals surface area contributed by atoms with Crippen molar-refractivity contribution in [3.8, 4) is 11.5 Å². The molecule has 0 aliphatic carbocycles. The Bertz CT molecular complexity index is 792. The number of halogens is 3. The molecule has 0 radical (unpaired) electrons. The molecule has 0 unspecified atom stereocenters. The Balaban J connectivity index is 1.93. The number of methoxy groups -OCH3 is 1.